The molecule has 33 heavy (non-hydrogen) atoms. The Hall–Kier alpha value is -3.43. The standard InChI is InChI=1S/C24H29N3O6/c1-24(2,3)33-23(29)26(9-11-28)10-12-32-16-17-13-19-15-20(18-7-5-4-6-8-18)25-22(19)21(14-17)27(30)31/h4-8,13-15,25,28H,9-12,16H2,1-3H3. The van der Waals surface area contributed by atoms with Crippen molar-refractivity contribution >= 4 is 22.7 Å². The van der Waals surface area contributed by atoms with E-state index < -0.39 is 16.6 Å². The number of carbonyl (C=O) groups excluding carboxylic acids is 1. The van der Waals surface area contributed by atoms with E-state index in [-0.39, 0.29) is 38.6 Å². The van der Waals surface area contributed by atoms with E-state index in [0.29, 0.717) is 11.1 Å². The van der Waals surface area contributed by atoms with Crippen molar-refractivity contribution in [2.45, 2.75) is 33.0 Å². The van der Waals surface area contributed by atoms with Crippen LogP contribution in [0.5, 0.6) is 0 Å². The van der Waals surface area contributed by atoms with Crippen LogP contribution in [0.25, 0.3) is 22.2 Å². The molecule has 0 unspecified atom stereocenters. The van der Waals surface area contributed by atoms with Crippen LogP contribution in [-0.4, -0.2) is 57.9 Å². The number of nitrogens with zero attached hydrogens (tertiary/aromatic N) is 2. The van der Waals surface area contributed by atoms with Crippen LogP contribution < -0.4 is 0 Å². The number of nitrogens with one attached hydrogen (secondary N) is 1. The molecule has 0 radical (unpaired) electrons. The van der Waals surface area contributed by atoms with Crippen LogP contribution in [0, 0.1) is 10.1 Å². The first kappa shape index (κ1) is 24.2. The van der Waals surface area contributed by atoms with Crippen molar-refractivity contribution in [1.29, 1.82) is 0 Å². The summed E-state index contributed by atoms with van der Waals surface area (Å²) in [6, 6.07) is 14.8. The highest BCUT2D eigenvalue weighted by atomic mass is 16.6. The Morgan fingerprint density at radius 1 is 1.15 bits per heavy atom. The molecule has 0 aliphatic carbocycles. The zero-order valence-corrected chi connectivity index (χ0v) is 19.0. The maximum Gasteiger partial charge on any atom is 0.410 e. The third kappa shape index (κ3) is 6.53. The van der Waals surface area contributed by atoms with Gasteiger partial charge in [-0.25, -0.2) is 4.79 Å². The predicted molar refractivity (Wildman–Crippen MR) is 125 cm³/mol. The van der Waals surface area contributed by atoms with Gasteiger partial charge in [0.25, 0.3) is 5.69 Å². The lowest BCUT2D eigenvalue weighted by Gasteiger charge is -2.26. The third-order valence-electron chi connectivity index (χ3n) is 4.84. The van der Waals surface area contributed by atoms with E-state index in [9.17, 15) is 20.0 Å². The fourth-order valence-electron chi connectivity index (χ4n) is 3.39. The molecule has 0 fully saturated rings. The molecule has 1 amide bonds. The van der Waals surface area contributed by atoms with E-state index in [1.165, 1.54) is 11.0 Å². The highest BCUT2D eigenvalue weighted by Crippen LogP contribution is 2.31. The molecule has 0 spiro atoms. The number of aromatic nitrogens is 1. The van der Waals surface area contributed by atoms with Gasteiger partial charge in [0.05, 0.1) is 24.7 Å². The number of amides is 1. The quantitative estimate of drug-likeness (QED) is 0.279. The molecule has 2 aromatic carbocycles. The Morgan fingerprint density at radius 2 is 1.88 bits per heavy atom. The lowest BCUT2D eigenvalue weighted by Crippen LogP contribution is -2.40. The van der Waals surface area contributed by atoms with E-state index in [0.717, 1.165) is 16.6 Å². The van der Waals surface area contributed by atoms with E-state index >= 15 is 0 Å². The summed E-state index contributed by atoms with van der Waals surface area (Å²) in [6.45, 7) is 5.80. The summed E-state index contributed by atoms with van der Waals surface area (Å²) in [7, 11) is 0. The number of nitro groups is 1. The zero-order valence-electron chi connectivity index (χ0n) is 19.0. The summed E-state index contributed by atoms with van der Waals surface area (Å²) in [4.78, 5) is 28.0. The van der Waals surface area contributed by atoms with Crippen molar-refractivity contribution in [1.82, 2.24) is 9.88 Å². The number of non-ortho nitro benzene ring substituents is 1. The topological polar surface area (TPSA) is 118 Å². The van der Waals surface area contributed by atoms with Crippen molar-refractivity contribution < 1.29 is 24.3 Å². The molecule has 3 rings (SSSR count). The van der Waals surface area contributed by atoms with Gasteiger partial charge in [0.1, 0.15) is 11.1 Å². The number of carbonyl (C=O) groups is 1. The summed E-state index contributed by atoms with van der Waals surface area (Å²) < 4.78 is 11.0. The van der Waals surface area contributed by atoms with E-state index in [1.807, 2.05) is 42.5 Å². The Bertz CT molecular complexity index is 1100. The van der Waals surface area contributed by atoms with Crippen molar-refractivity contribution in [2.24, 2.45) is 0 Å². The molecular weight excluding hydrogens is 426 g/mol. The average Bonchev–Trinajstić information content (AvgIpc) is 3.18. The van der Waals surface area contributed by atoms with Crippen molar-refractivity contribution in [3.05, 3.63) is 64.2 Å². The summed E-state index contributed by atoms with van der Waals surface area (Å²) in [5.74, 6) is 0. The molecule has 0 saturated heterocycles. The van der Waals surface area contributed by atoms with Gasteiger partial charge in [0.2, 0.25) is 0 Å². The minimum Gasteiger partial charge on any atom is -0.444 e. The highest BCUT2D eigenvalue weighted by molar-refractivity contribution is 5.93. The van der Waals surface area contributed by atoms with Crippen molar-refractivity contribution in [2.75, 3.05) is 26.3 Å². The smallest absolute Gasteiger partial charge is 0.410 e. The molecule has 0 saturated carbocycles. The second-order valence-corrected chi connectivity index (χ2v) is 8.63. The van der Waals surface area contributed by atoms with E-state index in [4.69, 9.17) is 9.47 Å². The normalized spacial score (nSPS) is 11.5. The number of benzene rings is 2. The number of hydrogen-bond acceptors (Lipinski definition) is 6. The number of hydrogen-bond donors (Lipinski definition) is 2. The largest absolute Gasteiger partial charge is 0.444 e. The van der Waals surface area contributed by atoms with Crippen LogP contribution in [0.3, 0.4) is 0 Å². The number of fused-ring (bicyclic) bond motifs is 1. The Morgan fingerprint density at radius 3 is 2.52 bits per heavy atom. The molecule has 9 heteroatoms. The van der Waals surface area contributed by atoms with Crippen LogP contribution in [0.2, 0.25) is 0 Å². The van der Waals surface area contributed by atoms with Gasteiger partial charge in [-0.15, -0.1) is 0 Å². The van der Waals surface area contributed by atoms with Gasteiger partial charge in [-0.05, 0) is 44.0 Å². The summed E-state index contributed by atoms with van der Waals surface area (Å²) in [5, 5.41) is 21.6. The van der Waals surface area contributed by atoms with Gasteiger partial charge in [0.15, 0.2) is 0 Å². The fourth-order valence-corrected chi connectivity index (χ4v) is 3.39. The summed E-state index contributed by atoms with van der Waals surface area (Å²) in [6.07, 6.45) is -0.530. The average molecular weight is 456 g/mol. The van der Waals surface area contributed by atoms with Crippen molar-refractivity contribution in [3.63, 3.8) is 0 Å². The first-order chi connectivity index (χ1) is 15.7. The minimum absolute atomic E-state index is 0.0241. The molecule has 3 aromatic rings. The fraction of sp³-hybridized carbons (Fsp3) is 0.375. The van der Waals surface area contributed by atoms with Gasteiger partial charge in [-0.3, -0.25) is 10.1 Å². The lowest BCUT2D eigenvalue weighted by molar-refractivity contribution is -0.383. The monoisotopic (exact) mass is 455 g/mol. The molecule has 9 nitrogen and oxygen atoms in total. The van der Waals surface area contributed by atoms with Crippen LogP contribution in [0.1, 0.15) is 26.3 Å². The SMILES string of the molecule is CC(C)(C)OC(=O)N(CCO)CCOCc1cc([N+](=O)[O-])c2[nH]c(-c3ccccc3)cc2c1. The van der Waals surface area contributed by atoms with E-state index in [2.05, 4.69) is 4.98 Å². The molecule has 1 heterocycles. The minimum atomic E-state index is -0.644. The van der Waals surface area contributed by atoms with Crippen LogP contribution >= 0.6 is 0 Å². The molecule has 0 aliphatic heterocycles. The zero-order chi connectivity index (χ0) is 24.0. The molecule has 176 valence electrons. The summed E-state index contributed by atoms with van der Waals surface area (Å²) in [5.41, 5.74) is 2.18. The number of H-pyrrole nitrogens is 1. The third-order valence-corrected chi connectivity index (χ3v) is 4.84. The van der Waals surface area contributed by atoms with Gasteiger partial charge in [0, 0.05) is 30.2 Å². The number of aromatic amines is 1. The molecule has 0 atom stereocenters. The van der Waals surface area contributed by atoms with Gasteiger partial charge >= 0.3 is 6.09 Å². The highest BCUT2D eigenvalue weighted by Gasteiger charge is 2.22. The number of aliphatic hydroxyl groups is 1. The number of aliphatic hydroxyl groups excluding tert-OH is 1. The maximum absolute atomic E-state index is 12.3. The van der Waals surface area contributed by atoms with Gasteiger partial charge < -0.3 is 24.5 Å². The predicted octanol–water partition coefficient (Wildman–Crippen LogP) is 4.49. The number of nitro benzene ring substituents is 1. The van der Waals surface area contributed by atoms with Crippen molar-refractivity contribution in [3.8, 4) is 11.3 Å². The number of ether oxygens (including phenoxy) is 2. The molecule has 2 N–H and O–H groups in total. The Kier molecular flexibility index (Phi) is 7.67. The van der Waals surface area contributed by atoms with E-state index in [1.54, 1.807) is 20.8 Å². The molecular formula is C24H29N3O6. The van der Waals surface area contributed by atoms with Crippen LogP contribution in [-0.2, 0) is 16.1 Å². The second kappa shape index (κ2) is 10.5. The number of rotatable bonds is 9. The lowest BCUT2D eigenvalue weighted by atomic mass is 10.1. The first-order valence-corrected chi connectivity index (χ1v) is 10.7. The molecule has 0 bridgehead atoms. The second-order valence-electron chi connectivity index (χ2n) is 8.63. The van der Waals surface area contributed by atoms with Crippen LogP contribution in [0.15, 0.2) is 48.5 Å². The summed E-state index contributed by atoms with van der Waals surface area (Å²) >= 11 is 0. The Balaban J connectivity index is 1.70. The molecule has 0 aliphatic rings. The van der Waals surface area contributed by atoms with Gasteiger partial charge in [-0.1, -0.05) is 30.3 Å². The molecule has 1 aromatic heterocycles. The van der Waals surface area contributed by atoms with Crippen LogP contribution in [0.4, 0.5) is 10.5 Å². The van der Waals surface area contributed by atoms with Gasteiger partial charge in [-0.2, -0.15) is 0 Å². The first-order valence-electron chi connectivity index (χ1n) is 10.7. The maximum atomic E-state index is 12.3. The Labute approximate surface area is 192 Å².